The van der Waals surface area contributed by atoms with E-state index in [-0.39, 0.29) is 11.5 Å². The van der Waals surface area contributed by atoms with Crippen molar-refractivity contribution in [3.63, 3.8) is 0 Å². The molecule has 0 radical (unpaired) electrons. The van der Waals surface area contributed by atoms with Crippen LogP contribution in [0.5, 0.6) is 11.5 Å². The van der Waals surface area contributed by atoms with Crippen molar-refractivity contribution in [3.8, 4) is 11.5 Å². The van der Waals surface area contributed by atoms with Gasteiger partial charge in [0.15, 0.2) is 24.1 Å². The number of nitrogens with zero attached hydrogens (tertiary/aromatic N) is 1. The van der Waals surface area contributed by atoms with Crippen molar-refractivity contribution in [2.24, 2.45) is 4.99 Å². The van der Waals surface area contributed by atoms with Crippen molar-refractivity contribution < 1.29 is 22.6 Å². The fourth-order valence-corrected chi connectivity index (χ4v) is 2.66. The number of aliphatic imine (C=N–C) groups is 1. The van der Waals surface area contributed by atoms with Gasteiger partial charge in [-0.1, -0.05) is 43.3 Å². The molecule has 0 aromatic heterocycles. The van der Waals surface area contributed by atoms with Crippen molar-refractivity contribution in [1.82, 2.24) is 10.6 Å². The number of hydrogen-bond acceptors (Lipinski definition) is 3. The zero-order chi connectivity index (χ0) is 21.3. The van der Waals surface area contributed by atoms with E-state index in [1.165, 1.54) is 18.7 Å². The molecular formula is C21H26F3N3O2. The molecule has 1 atom stereocenters. The van der Waals surface area contributed by atoms with Crippen molar-refractivity contribution in [3.05, 3.63) is 59.7 Å². The first-order valence-electron chi connectivity index (χ1n) is 9.18. The minimum Gasteiger partial charge on any atom is -0.493 e. The SMILES string of the molecule is CN=C(NCc1ccc(OCC(F)(F)F)c(OC)c1)NCC(C)c1ccccc1. The fourth-order valence-electron chi connectivity index (χ4n) is 2.66. The molecule has 2 aromatic rings. The lowest BCUT2D eigenvalue weighted by Gasteiger charge is -2.17. The monoisotopic (exact) mass is 409 g/mol. The number of nitrogens with one attached hydrogen (secondary N) is 2. The minimum absolute atomic E-state index is 0.0489. The van der Waals surface area contributed by atoms with Crippen LogP contribution in [0.25, 0.3) is 0 Å². The van der Waals surface area contributed by atoms with Gasteiger partial charge in [-0.15, -0.1) is 0 Å². The number of methoxy groups -OCH3 is 1. The van der Waals surface area contributed by atoms with Crippen molar-refractivity contribution >= 4 is 5.96 Å². The second-order valence-corrected chi connectivity index (χ2v) is 6.51. The Labute approximate surface area is 168 Å². The molecule has 0 saturated heterocycles. The van der Waals surface area contributed by atoms with Gasteiger partial charge in [-0.3, -0.25) is 4.99 Å². The summed E-state index contributed by atoms with van der Waals surface area (Å²) in [5.74, 6) is 1.23. The summed E-state index contributed by atoms with van der Waals surface area (Å²) >= 11 is 0. The molecule has 0 aliphatic rings. The molecule has 5 nitrogen and oxygen atoms in total. The molecule has 0 spiro atoms. The van der Waals surface area contributed by atoms with E-state index in [9.17, 15) is 13.2 Å². The largest absolute Gasteiger partial charge is 0.493 e. The number of alkyl halides is 3. The molecule has 0 aliphatic carbocycles. The van der Waals surface area contributed by atoms with Crippen LogP contribution in [0, 0.1) is 0 Å². The van der Waals surface area contributed by atoms with Crippen LogP contribution in [-0.4, -0.2) is 39.4 Å². The third-order valence-corrected chi connectivity index (χ3v) is 4.25. The Hall–Kier alpha value is -2.90. The molecule has 2 N–H and O–H groups in total. The van der Waals surface area contributed by atoms with E-state index >= 15 is 0 Å². The average molecular weight is 409 g/mol. The molecule has 0 heterocycles. The van der Waals surface area contributed by atoms with E-state index in [0.717, 1.165) is 5.56 Å². The molecule has 0 aliphatic heterocycles. The first-order chi connectivity index (χ1) is 13.8. The third kappa shape index (κ3) is 7.56. The van der Waals surface area contributed by atoms with E-state index in [1.54, 1.807) is 19.2 Å². The number of ether oxygens (including phenoxy) is 2. The highest BCUT2D eigenvalue weighted by Gasteiger charge is 2.29. The summed E-state index contributed by atoms with van der Waals surface area (Å²) < 4.78 is 47.0. The van der Waals surface area contributed by atoms with E-state index in [2.05, 4.69) is 34.7 Å². The Kier molecular flexibility index (Phi) is 8.18. The number of rotatable bonds is 8. The Morgan fingerprint density at radius 3 is 2.41 bits per heavy atom. The van der Waals surface area contributed by atoms with Gasteiger partial charge in [-0.2, -0.15) is 13.2 Å². The highest BCUT2D eigenvalue weighted by molar-refractivity contribution is 5.79. The molecule has 8 heteroatoms. The molecule has 2 rings (SSSR count). The van der Waals surface area contributed by atoms with Crippen LogP contribution < -0.4 is 20.1 Å². The Morgan fingerprint density at radius 2 is 1.79 bits per heavy atom. The van der Waals surface area contributed by atoms with Gasteiger partial charge in [0.2, 0.25) is 0 Å². The van der Waals surface area contributed by atoms with E-state index in [4.69, 9.17) is 9.47 Å². The van der Waals surface area contributed by atoms with Gasteiger partial charge in [0.25, 0.3) is 0 Å². The predicted octanol–water partition coefficient (Wildman–Crippen LogP) is 4.11. The number of guanidine groups is 1. The minimum atomic E-state index is -4.40. The van der Waals surface area contributed by atoms with Crippen LogP contribution in [-0.2, 0) is 6.54 Å². The van der Waals surface area contributed by atoms with Crippen molar-refractivity contribution in [2.75, 3.05) is 27.3 Å². The summed E-state index contributed by atoms with van der Waals surface area (Å²) in [6.45, 7) is 1.89. The highest BCUT2D eigenvalue weighted by Crippen LogP contribution is 2.29. The van der Waals surface area contributed by atoms with Crippen LogP contribution in [0.1, 0.15) is 24.0 Å². The fraction of sp³-hybridized carbons (Fsp3) is 0.381. The third-order valence-electron chi connectivity index (χ3n) is 4.25. The molecular weight excluding hydrogens is 383 g/mol. The van der Waals surface area contributed by atoms with Gasteiger partial charge in [0.05, 0.1) is 7.11 Å². The van der Waals surface area contributed by atoms with Gasteiger partial charge in [0.1, 0.15) is 0 Å². The van der Waals surface area contributed by atoms with Crippen molar-refractivity contribution in [2.45, 2.75) is 25.6 Å². The van der Waals surface area contributed by atoms with Gasteiger partial charge < -0.3 is 20.1 Å². The summed E-state index contributed by atoms with van der Waals surface area (Å²) in [5, 5.41) is 6.45. The quantitative estimate of drug-likeness (QED) is 0.509. The smallest absolute Gasteiger partial charge is 0.422 e. The molecule has 0 amide bonds. The van der Waals surface area contributed by atoms with Gasteiger partial charge in [0, 0.05) is 20.1 Å². The maximum atomic E-state index is 12.3. The van der Waals surface area contributed by atoms with Crippen molar-refractivity contribution in [1.29, 1.82) is 0 Å². The lowest BCUT2D eigenvalue weighted by molar-refractivity contribution is -0.153. The van der Waals surface area contributed by atoms with E-state index < -0.39 is 12.8 Å². The molecule has 0 fully saturated rings. The first kappa shape index (κ1) is 22.4. The number of halogens is 3. The maximum Gasteiger partial charge on any atom is 0.422 e. The highest BCUT2D eigenvalue weighted by atomic mass is 19.4. The van der Waals surface area contributed by atoms with Crippen LogP contribution in [0.2, 0.25) is 0 Å². The maximum absolute atomic E-state index is 12.3. The normalized spacial score (nSPS) is 13.0. The number of benzene rings is 2. The van der Waals surface area contributed by atoms with E-state index in [0.29, 0.717) is 25.0 Å². The molecule has 0 bridgehead atoms. The summed E-state index contributed by atoms with van der Waals surface area (Å²) in [6, 6.07) is 14.9. The summed E-state index contributed by atoms with van der Waals surface area (Å²) in [7, 11) is 3.07. The predicted molar refractivity (Wildman–Crippen MR) is 108 cm³/mol. The number of hydrogen-bond donors (Lipinski definition) is 2. The molecule has 0 saturated carbocycles. The molecule has 2 aromatic carbocycles. The van der Waals surface area contributed by atoms with E-state index in [1.807, 2.05) is 18.2 Å². The molecule has 29 heavy (non-hydrogen) atoms. The van der Waals surface area contributed by atoms with Crippen LogP contribution in [0.3, 0.4) is 0 Å². The zero-order valence-electron chi connectivity index (χ0n) is 16.7. The standard InChI is InChI=1S/C21H26F3N3O2/c1-15(17-7-5-4-6-8-17)12-26-20(25-2)27-13-16-9-10-18(19(11-16)28-3)29-14-21(22,23)24/h4-11,15H,12-14H2,1-3H3,(H2,25,26,27). The van der Waals surface area contributed by atoms with Crippen LogP contribution in [0.15, 0.2) is 53.5 Å². The first-order valence-corrected chi connectivity index (χ1v) is 9.18. The van der Waals surface area contributed by atoms with Crippen LogP contribution in [0.4, 0.5) is 13.2 Å². The molecule has 1 unspecified atom stereocenters. The summed E-state index contributed by atoms with van der Waals surface area (Å²) in [5.41, 5.74) is 2.05. The lowest BCUT2D eigenvalue weighted by Crippen LogP contribution is -2.38. The Balaban J connectivity index is 1.90. The second kappa shape index (κ2) is 10.6. The topological polar surface area (TPSA) is 54.9 Å². The van der Waals surface area contributed by atoms with Gasteiger partial charge in [-0.25, -0.2) is 0 Å². The Morgan fingerprint density at radius 1 is 1.07 bits per heavy atom. The summed E-state index contributed by atoms with van der Waals surface area (Å²) in [4.78, 5) is 4.20. The Bertz CT molecular complexity index is 796. The van der Waals surface area contributed by atoms with Gasteiger partial charge >= 0.3 is 6.18 Å². The molecule has 158 valence electrons. The summed E-state index contributed by atoms with van der Waals surface area (Å²) in [6.07, 6.45) is -4.40. The lowest BCUT2D eigenvalue weighted by atomic mass is 10.0. The van der Waals surface area contributed by atoms with Crippen LogP contribution >= 0.6 is 0 Å². The zero-order valence-corrected chi connectivity index (χ0v) is 16.7. The van der Waals surface area contributed by atoms with Gasteiger partial charge in [-0.05, 0) is 29.2 Å². The second-order valence-electron chi connectivity index (χ2n) is 6.51. The average Bonchev–Trinajstić information content (AvgIpc) is 2.72.